The third kappa shape index (κ3) is 2.99. The maximum atomic E-state index is 12.5. The zero-order chi connectivity index (χ0) is 15.4. The molecule has 1 aliphatic carbocycles. The molecule has 0 bridgehead atoms. The highest BCUT2D eigenvalue weighted by molar-refractivity contribution is 5.98. The Morgan fingerprint density at radius 2 is 1.82 bits per heavy atom. The zero-order valence-electron chi connectivity index (χ0n) is 12.7. The van der Waals surface area contributed by atoms with Crippen molar-refractivity contribution in [1.82, 2.24) is 16.0 Å². The molecule has 5 heteroatoms. The van der Waals surface area contributed by atoms with Gasteiger partial charge in [-0.2, -0.15) is 0 Å². The summed E-state index contributed by atoms with van der Waals surface area (Å²) in [5.74, 6) is -0.259. The second-order valence-corrected chi connectivity index (χ2v) is 6.21. The Bertz CT molecular complexity index is 538. The molecule has 3 N–H and O–H groups in total. The fourth-order valence-electron chi connectivity index (χ4n) is 3.61. The van der Waals surface area contributed by atoms with E-state index in [4.69, 9.17) is 0 Å². The molecule has 1 saturated heterocycles. The average molecular weight is 301 g/mol. The maximum Gasteiger partial charge on any atom is 0.251 e. The lowest BCUT2D eigenvalue weighted by atomic mass is 9.76. The fourth-order valence-corrected chi connectivity index (χ4v) is 3.61. The van der Waals surface area contributed by atoms with Gasteiger partial charge in [0.2, 0.25) is 5.91 Å². The molecule has 1 spiro atoms. The molecule has 1 aromatic carbocycles. The molecule has 5 nitrogen and oxygen atoms in total. The van der Waals surface area contributed by atoms with Crippen LogP contribution in [0.4, 0.5) is 0 Å². The number of rotatable bonds is 2. The molecule has 0 aromatic heterocycles. The Kier molecular flexibility index (Phi) is 4.43. The minimum atomic E-state index is -0.511. The highest BCUT2D eigenvalue weighted by atomic mass is 16.2. The van der Waals surface area contributed by atoms with Crippen molar-refractivity contribution in [3.05, 3.63) is 35.9 Å². The summed E-state index contributed by atoms with van der Waals surface area (Å²) in [7, 11) is 0. The molecule has 1 heterocycles. The largest absolute Gasteiger partial charge is 0.353 e. The molecule has 0 unspecified atom stereocenters. The lowest BCUT2D eigenvalue weighted by Crippen LogP contribution is -2.64. The van der Waals surface area contributed by atoms with Crippen LogP contribution >= 0.6 is 0 Å². The number of amides is 2. The molecule has 1 atom stereocenters. The Labute approximate surface area is 130 Å². The van der Waals surface area contributed by atoms with Gasteiger partial charge in [0.05, 0.1) is 0 Å². The summed E-state index contributed by atoms with van der Waals surface area (Å²) < 4.78 is 0. The zero-order valence-corrected chi connectivity index (χ0v) is 12.7. The predicted octanol–water partition coefficient (Wildman–Crippen LogP) is 1.21. The lowest BCUT2D eigenvalue weighted by Gasteiger charge is -2.42. The van der Waals surface area contributed by atoms with Gasteiger partial charge in [-0.15, -0.1) is 0 Å². The van der Waals surface area contributed by atoms with E-state index >= 15 is 0 Å². The molecule has 3 rings (SSSR count). The van der Waals surface area contributed by atoms with Crippen molar-refractivity contribution in [1.29, 1.82) is 0 Å². The average Bonchev–Trinajstić information content (AvgIpc) is 2.70. The summed E-state index contributed by atoms with van der Waals surface area (Å²) in [4.78, 5) is 25.0. The molecule has 1 saturated carbocycles. The van der Waals surface area contributed by atoms with Gasteiger partial charge in [0, 0.05) is 24.2 Å². The summed E-state index contributed by atoms with van der Waals surface area (Å²) in [6.07, 6.45) is 5.25. The first-order valence-corrected chi connectivity index (χ1v) is 8.10. The number of benzene rings is 1. The highest BCUT2D eigenvalue weighted by Crippen LogP contribution is 2.32. The van der Waals surface area contributed by atoms with Crippen LogP contribution < -0.4 is 16.0 Å². The molecule has 2 amide bonds. The van der Waals surface area contributed by atoms with Crippen molar-refractivity contribution in [2.75, 3.05) is 13.1 Å². The van der Waals surface area contributed by atoms with Crippen LogP contribution in [-0.4, -0.2) is 36.5 Å². The van der Waals surface area contributed by atoms with E-state index < -0.39 is 6.04 Å². The normalized spacial score (nSPS) is 24.4. The second-order valence-electron chi connectivity index (χ2n) is 6.21. The van der Waals surface area contributed by atoms with Crippen molar-refractivity contribution in [3.63, 3.8) is 0 Å². The van der Waals surface area contributed by atoms with Crippen LogP contribution in [-0.2, 0) is 4.79 Å². The summed E-state index contributed by atoms with van der Waals surface area (Å²) in [5.41, 5.74) is 0.286. The Balaban J connectivity index is 1.83. The van der Waals surface area contributed by atoms with Crippen LogP contribution in [0.1, 0.15) is 42.5 Å². The molecule has 2 aliphatic rings. The van der Waals surface area contributed by atoms with Gasteiger partial charge in [-0.3, -0.25) is 9.59 Å². The van der Waals surface area contributed by atoms with Crippen LogP contribution in [0.2, 0.25) is 0 Å². The van der Waals surface area contributed by atoms with E-state index in [1.807, 2.05) is 18.2 Å². The van der Waals surface area contributed by atoms with E-state index in [9.17, 15) is 9.59 Å². The van der Waals surface area contributed by atoms with Gasteiger partial charge in [0.25, 0.3) is 5.91 Å². The van der Waals surface area contributed by atoms with Gasteiger partial charge in [0.15, 0.2) is 0 Å². The van der Waals surface area contributed by atoms with Crippen LogP contribution in [0, 0.1) is 0 Å². The van der Waals surface area contributed by atoms with Gasteiger partial charge >= 0.3 is 0 Å². The van der Waals surface area contributed by atoms with Crippen molar-refractivity contribution < 1.29 is 9.59 Å². The molecule has 1 aliphatic heterocycles. The predicted molar refractivity (Wildman–Crippen MR) is 84.5 cm³/mol. The Morgan fingerprint density at radius 1 is 1.09 bits per heavy atom. The molecule has 2 fully saturated rings. The van der Waals surface area contributed by atoms with E-state index in [1.54, 1.807) is 12.1 Å². The van der Waals surface area contributed by atoms with Crippen molar-refractivity contribution in [2.45, 2.75) is 43.7 Å². The minimum Gasteiger partial charge on any atom is -0.353 e. The van der Waals surface area contributed by atoms with Crippen LogP contribution in [0.15, 0.2) is 30.3 Å². The first-order valence-electron chi connectivity index (χ1n) is 8.10. The van der Waals surface area contributed by atoms with Gasteiger partial charge in [-0.05, 0) is 25.0 Å². The second kappa shape index (κ2) is 6.48. The Morgan fingerprint density at radius 3 is 2.55 bits per heavy atom. The lowest BCUT2D eigenvalue weighted by molar-refractivity contribution is -0.124. The molecule has 1 aromatic rings. The number of hydrogen-bond donors (Lipinski definition) is 3. The van der Waals surface area contributed by atoms with E-state index in [0.29, 0.717) is 12.1 Å². The fraction of sp³-hybridized carbons (Fsp3) is 0.529. The first-order chi connectivity index (χ1) is 10.7. The molecule has 22 heavy (non-hydrogen) atoms. The smallest absolute Gasteiger partial charge is 0.251 e. The third-order valence-corrected chi connectivity index (χ3v) is 4.77. The topological polar surface area (TPSA) is 70.2 Å². The van der Waals surface area contributed by atoms with E-state index in [0.717, 1.165) is 32.2 Å². The molecular formula is C17H23N3O2. The molecule has 0 radical (unpaired) electrons. The summed E-state index contributed by atoms with van der Waals surface area (Å²) in [5, 5.41) is 9.42. The molecule has 118 valence electrons. The Hall–Kier alpha value is -1.88. The summed E-state index contributed by atoms with van der Waals surface area (Å²) in [6, 6.07) is 8.56. The number of carbonyl (C=O) groups excluding carboxylic acids is 2. The van der Waals surface area contributed by atoms with Crippen LogP contribution in [0.5, 0.6) is 0 Å². The minimum absolute atomic E-state index is 0.0730. The standard InChI is InChI=1S/C17H23N3O2/c21-15(13-7-3-1-4-8-13)20-14-16(22)18-11-12-19-17(14)9-5-2-6-10-17/h1,3-4,7-8,14,19H,2,5-6,9-12H2,(H,18,22)(H,20,21)/t14-/m1/s1. The summed E-state index contributed by atoms with van der Waals surface area (Å²) >= 11 is 0. The van der Waals surface area contributed by atoms with Gasteiger partial charge in [-0.25, -0.2) is 0 Å². The van der Waals surface area contributed by atoms with Gasteiger partial charge < -0.3 is 16.0 Å². The number of hydrogen-bond acceptors (Lipinski definition) is 3. The van der Waals surface area contributed by atoms with E-state index in [2.05, 4.69) is 16.0 Å². The summed E-state index contributed by atoms with van der Waals surface area (Å²) in [6.45, 7) is 1.36. The highest BCUT2D eigenvalue weighted by Gasteiger charge is 2.45. The van der Waals surface area contributed by atoms with Crippen LogP contribution in [0.3, 0.4) is 0 Å². The number of nitrogens with one attached hydrogen (secondary N) is 3. The SMILES string of the molecule is O=C(N[C@@H]1C(=O)NCCNC12CCCCC2)c1ccccc1. The van der Waals surface area contributed by atoms with E-state index in [1.165, 1.54) is 6.42 Å². The number of carbonyl (C=O) groups is 2. The van der Waals surface area contributed by atoms with Crippen molar-refractivity contribution in [3.8, 4) is 0 Å². The third-order valence-electron chi connectivity index (χ3n) is 4.77. The van der Waals surface area contributed by atoms with Crippen molar-refractivity contribution in [2.24, 2.45) is 0 Å². The maximum absolute atomic E-state index is 12.5. The molecular weight excluding hydrogens is 278 g/mol. The van der Waals surface area contributed by atoms with Crippen molar-refractivity contribution >= 4 is 11.8 Å². The quantitative estimate of drug-likeness (QED) is 0.769. The monoisotopic (exact) mass is 301 g/mol. The van der Waals surface area contributed by atoms with E-state index in [-0.39, 0.29) is 17.4 Å². The van der Waals surface area contributed by atoms with Gasteiger partial charge in [0.1, 0.15) is 6.04 Å². The van der Waals surface area contributed by atoms with Crippen LogP contribution in [0.25, 0.3) is 0 Å². The van der Waals surface area contributed by atoms with Gasteiger partial charge in [-0.1, -0.05) is 37.5 Å². The first kappa shape index (κ1) is 15.0.